The number of rotatable bonds is 4. The first-order valence-electron chi connectivity index (χ1n) is 7.61. The van der Waals surface area contributed by atoms with Gasteiger partial charge in [-0.15, -0.1) is 0 Å². The molecule has 3 aromatic carbocycles. The van der Waals surface area contributed by atoms with Crippen LogP contribution in [0.15, 0.2) is 72.8 Å². The number of methoxy groups -OCH3 is 1. The number of nitrogens with zero attached hydrogens (tertiary/aromatic N) is 1. The minimum absolute atomic E-state index is 0.0377. The molecule has 0 saturated heterocycles. The van der Waals surface area contributed by atoms with E-state index in [-0.39, 0.29) is 11.7 Å². The van der Waals surface area contributed by atoms with Crippen LogP contribution in [0.25, 0.3) is 0 Å². The van der Waals surface area contributed by atoms with Crippen molar-refractivity contribution in [3.05, 3.63) is 101 Å². The lowest BCUT2D eigenvalue weighted by Gasteiger charge is -2.19. The molecule has 0 saturated carbocycles. The molecular formula is C21H16FNO. The zero-order valence-electron chi connectivity index (χ0n) is 13.2. The Kier molecular flexibility index (Phi) is 4.58. The summed E-state index contributed by atoms with van der Waals surface area (Å²) in [6, 6.07) is 24.0. The van der Waals surface area contributed by atoms with Gasteiger partial charge in [-0.25, -0.2) is 4.39 Å². The standard InChI is InChI=1S/C21H16FNO/c1-24-20-12-8-18(9-13-20)21(17-6-10-19(22)11-7-17)16-4-2-15(14-23)3-5-16/h2-13,21H,1H3/t21-/m0/s1. The first-order chi connectivity index (χ1) is 11.7. The zero-order valence-corrected chi connectivity index (χ0v) is 13.2. The summed E-state index contributed by atoms with van der Waals surface area (Å²) >= 11 is 0. The van der Waals surface area contributed by atoms with Crippen LogP contribution in [0.1, 0.15) is 28.2 Å². The Morgan fingerprint density at radius 3 is 1.71 bits per heavy atom. The maximum Gasteiger partial charge on any atom is 0.123 e. The predicted octanol–water partition coefficient (Wildman–Crippen LogP) is 4.89. The van der Waals surface area contributed by atoms with Gasteiger partial charge in [0, 0.05) is 5.92 Å². The van der Waals surface area contributed by atoms with Gasteiger partial charge in [0.25, 0.3) is 0 Å². The molecule has 3 aromatic rings. The second-order valence-corrected chi connectivity index (χ2v) is 5.49. The van der Waals surface area contributed by atoms with Crippen LogP contribution in [0.3, 0.4) is 0 Å². The minimum Gasteiger partial charge on any atom is -0.497 e. The highest BCUT2D eigenvalue weighted by Crippen LogP contribution is 2.33. The molecule has 0 N–H and O–H groups in total. The minimum atomic E-state index is -0.257. The SMILES string of the molecule is COc1ccc([C@H](c2ccc(F)cc2)c2ccc(C#N)cc2)cc1. The van der Waals surface area contributed by atoms with E-state index in [1.807, 2.05) is 36.4 Å². The molecular weight excluding hydrogens is 301 g/mol. The molecule has 24 heavy (non-hydrogen) atoms. The fourth-order valence-corrected chi connectivity index (χ4v) is 2.78. The van der Waals surface area contributed by atoms with Gasteiger partial charge in [0.15, 0.2) is 0 Å². The van der Waals surface area contributed by atoms with Crippen molar-refractivity contribution in [2.45, 2.75) is 5.92 Å². The quantitative estimate of drug-likeness (QED) is 0.642. The summed E-state index contributed by atoms with van der Waals surface area (Å²) in [6.07, 6.45) is 0. The van der Waals surface area contributed by atoms with E-state index in [2.05, 4.69) is 6.07 Å². The van der Waals surface area contributed by atoms with Crippen molar-refractivity contribution in [1.29, 1.82) is 5.26 Å². The maximum absolute atomic E-state index is 13.3. The number of hydrogen-bond acceptors (Lipinski definition) is 2. The van der Waals surface area contributed by atoms with Gasteiger partial charge in [-0.3, -0.25) is 0 Å². The average molecular weight is 317 g/mol. The van der Waals surface area contributed by atoms with Crippen molar-refractivity contribution in [3.8, 4) is 11.8 Å². The molecule has 0 aliphatic rings. The van der Waals surface area contributed by atoms with E-state index in [1.165, 1.54) is 12.1 Å². The van der Waals surface area contributed by atoms with Gasteiger partial charge in [-0.2, -0.15) is 5.26 Å². The van der Waals surface area contributed by atoms with Crippen LogP contribution in [0.5, 0.6) is 5.75 Å². The van der Waals surface area contributed by atoms with E-state index in [0.717, 1.165) is 22.4 Å². The van der Waals surface area contributed by atoms with Crippen LogP contribution < -0.4 is 4.74 Å². The normalized spacial score (nSPS) is 11.5. The number of hydrogen-bond donors (Lipinski definition) is 0. The third kappa shape index (κ3) is 3.28. The molecule has 0 bridgehead atoms. The fourth-order valence-electron chi connectivity index (χ4n) is 2.78. The third-order valence-corrected chi connectivity index (χ3v) is 4.03. The molecule has 0 spiro atoms. The van der Waals surface area contributed by atoms with Crippen molar-refractivity contribution in [2.24, 2.45) is 0 Å². The smallest absolute Gasteiger partial charge is 0.123 e. The fraction of sp³-hybridized carbons (Fsp3) is 0.0952. The Bertz CT molecular complexity index is 846. The van der Waals surface area contributed by atoms with Crippen LogP contribution in [-0.4, -0.2) is 7.11 Å². The number of benzene rings is 3. The van der Waals surface area contributed by atoms with Gasteiger partial charge in [0.2, 0.25) is 0 Å². The number of ether oxygens (including phenoxy) is 1. The summed E-state index contributed by atoms with van der Waals surface area (Å²) in [6.45, 7) is 0. The van der Waals surface area contributed by atoms with Crippen molar-refractivity contribution in [1.82, 2.24) is 0 Å². The molecule has 0 unspecified atom stereocenters. The molecule has 0 aliphatic heterocycles. The zero-order chi connectivity index (χ0) is 16.9. The summed E-state index contributed by atoms with van der Waals surface area (Å²) in [5.41, 5.74) is 3.73. The van der Waals surface area contributed by atoms with Gasteiger partial charge in [-0.05, 0) is 53.1 Å². The molecule has 3 rings (SSSR count). The van der Waals surface area contributed by atoms with E-state index in [0.29, 0.717) is 5.56 Å². The van der Waals surface area contributed by atoms with E-state index >= 15 is 0 Å². The lowest BCUT2D eigenvalue weighted by molar-refractivity contribution is 0.414. The van der Waals surface area contributed by atoms with Crippen LogP contribution in [0, 0.1) is 17.1 Å². The first kappa shape index (κ1) is 15.8. The van der Waals surface area contributed by atoms with E-state index < -0.39 is 0 Å². The largest absolute Gasteiger partial charge is 0.497 e. The molecule has 3 heteroatoms. The predicted molar refractivity (Wildman–Crippen MR) is 91.5 cm³/mol. The molecule has 0 fully saturated rings. The Labute approximate surface area is 140 Å². The second-order valence-electron chi connectivity index (χ2n) is 5.49. The molecule has 0 heterocycles. The number of halogens is 1. The lowest BCUT2D eigenvalue weighted by atomic mass is 9.85. The van der Waals surface area contributed by atoms with Gasteiger partial charge < -0.3 is 4.74 Å². The second kappa shape index (κ2) is 6.97. The molecule has 118 valence electrons. The van der Waals surface area contributed by atoms with Crippen LogP contribution >= 0.6 is 0 Å². The molecule has 2 nitrogen and oxygen atoms in total. The van der Waals surface area contributed by atoms with Crippen LogP contribution in [0.4, 0.5) is 4.39 Å². The van der Waals surface area contributed by atoms with Crippen molar-refractivity contribution < 1.29 is 9.13 Å². The summed E-state index contributed by atoms with van der Waals surface area (Å²) in [5, 5.41) is 8.98. The molecule has 0 aliphatic carbocycles. The van der Waals surface area contributed by atoms with Gasteiger partial charge >= 0.3 is 0 Å². The summed E-state index contributed by atoms with van der Waals surface area (Å²) in [4.78, 5) is 0. The monoisotopic (exact) mass is 317 g/mol. The summed E-state index contributed by atoms with van der Waals surface area (Å²) in [5.74, 6) is 0.493. The van der Waals surface area contributed by atoms with Crippen LogP contribution in [0.2, 0.25) is 0 Å². The van der Waals surface area contributed by atoms with Crippen molar-refractivity contribution >= 4 is 0 Å². The van der Waals surface area contributed by atoms with Crippen molar-refractivity contribution in [3.63, 3.8) is 0 Å². The summed E-state index contributed by atoms with van der Waals surface area (Å²) < 4.78 is 18.5. The first-order valence-corrected chi connectivity index (χ1v) is 7.61. The molecule has 1 atom stereocenters. The van der Waals surface area contributed by atoms with Gasteiger partial charge in [0.1, 0.15) is 11.6 Å². The number of nitriles is 1. The van der Waals surface area contributed by atoms with Gasteiger partial charge in [0.05, 0.1) is 18.7 Å². The topological polar surface area (TPSA) is 33.0 Å². The Morgan fingerprint density at radius 2 is 1.25 bits per heavy atom. The Balaban J connectivity index is 2.08. The highest BCUT2D eigenvalue weighted by molar-refractivity contribution is 5.46. The Hall–Kier alpha value is -3.12. The molecule has 0 aromatic heterocycles. The van der Waals surface area contributed by atoms with E-state index in [4.69, 9.17) is 10.00 Å². The van der Waals surface area contributed by atoms with E-state index in [9.17, 15) is 4.39 Å². The summed E-state index contributed by atoms with van der Waals surface area (Å²) in [7, 11) is 1.63. The highest BCUT2D eigenvalue weighted by Gasteiger charge is 2.17. The van der Waals surface area contributed by atoms with Gasteiger partial charge in [-0.1, -0.05) is 36.4 Å². The Morgan fingerprint density at radius 1 is 0.792 bits per heavy atom. The van der Waals surface area contributed by atoms with E-state index in [1.54, 1.807) is 31.4 Å². The molecule has 0 amide bonds. The van der Waals surface area contributed by atoms with Crippen molar-refractivity contribution in [2.75, 3.05) is 7.11 Å². The third-order valence-electron chi connectivity index (χ3n) is 4.03. The molecule has 0 radical (unpaired) electrons. The average Bonchev–Trinajstić information content (AvgIpc) is 2.64. The highest BCUT2D eigenvalue weighted by atomic mass is 19.1. The maximum atomic E-state index is 13.3. The lowest BCUT2D eigenvalue weighted by Crippen LogP contribution is -2.03. The van der Waals surface area contributed by atoms with Crippen LogP contribution in [-0.2, 0) is 0 Å².